The monoisotopic (exact) mass is 727 g/mol. The van der Waals surface area contributed by atoms with E-state index in [1.165, 1.54) is 116 Å². The van der Waals surface area contributed by atoms with Gasteiger partial charge in [-0.05, 0) is 44.9 Å². The van der Waals surface area contributed by atoms with Crippen molar-refractivity contribution >= 4 is 5.97 Å². The molecule has 1 rings (SSSR count). The lowest BCUT2D eigenvalue weighted by molar-refractivity contribution is -0.305. The van der Waals surface area contributed by atoms with Crippen molar-refractivity contribution in [1.29, 1.82) is 0 Å². The molecule has 6 unspecified atom stereocenters. The molecule has 1 aliphatic rings. The van der Waals surface area contributed by atoms with Crippen molar-refractivity contribution in [2.45, 2.75) is 211 Å². The number of esters is 1. The number of rotatable bonds is 35. The highest BCUT2D eigenvalue weighted by Gasteiger charge is 2.44. The van der Waals surface area contributed by atoms with Gasteiger partial charge in [-0.15, -0.1) is 0 Å². The first-order valence-electron chi connectivity index (χ1n) is 20.9. The number of unbranched alkanes of at least 4 members (excludes halogenated alkanes) is 20. The van der Waals surface area contributed by atoms with Crippen LogP contribution in [0.1, 0.15) is 174 Å². The van der Waals surface area contributed by atoms with E-state index >= 15 is 0 Å². The summed E-state index contributed by atoms with van der Waals surface area (Å²) in [7, 11) is 0. The van der Waals surface area contributed by atoms with Crippen molar-refractivity contribution in [2.75, 3.05) is 26.4 Å². The fraction of sp³-hybridized carbons (Fsp3) is 0.881. The molecule has 0 spiro atoms. The van der Waals surface area contributed by atoms with Crippen molar-refractivity contribution in [2.24, 2.45) is 0 Å². The normalized spacial score (nSPS) is 21.6. The first kappa shape index (κ1) is 47.7. The molecule has 0 aromatic carbocycles. The smallest absolute Gasteiger partial charge is 0.306 e. The molecule has 51 heavy (non-hydrogen) atoms. The molecule has 1 heterocycles. The number of hydrogen-bond donors (Lipinski definition) is 4. The number of allylic oxidation sites excluding steroid dienone is 4. The molecule has 0 aromatic rings. The minimum absolute atomic E-state index is 0.113. The minimum Gasteiger partial charge on any atom is -0.457 e. The van der Waals surface area contributed by atoms with Crippen LogP contribution in [0.25, 0.3) is 0 Å². The topological polar surface area (TPSA) is 135 Å². The summed E-state index contributed by atoms with van der Waals surface area (Å²) in [6, 6.07) is 0. The summed E-state index contributed by atoms with van der Waals surface area (Å²) in [5.74, 6) is -0.319. The second-order valence-corrected chi connectivity index (χ2v) is 14.4. The molecule has 0 bridgehead atoms. The Balaban J connectivity index is 2.25. The van der Waals surface area contributed by atoms with Crippen LogP contribution in [0, 0.1) is 0 Å². The number of carbonyl (C=O) groups is 1. The van der Waals surface area contributed by atoms with Crippen LogP contribution in [0.5, 0.6) is 0 Å². The molecule has 0 radical (unpaired) electrons. The lowest BCUT2D eigenvalue weighted by Crippen LogP contribution is -2.59. The first-order chi connectivity index (χ1) is 24.9. The maximum absolute atomic E-state index is 12.7. The van der Waals surface area contributed by atoms with Crippen LogP contribution in [-0.4, -0.2) is 89.6 Å². The molecule has 1 fully saturated rings. The Morgan fingerprint density at radius 2 is 1.14 bits per heavy atom. The number of ether oxygens (including phenoxy) is 4. The maximum Gasteiger partial charge on any atom is 0.306 e. The Labute approximate surface area is 311 Å². The van der Waals surface area contributed by atoms with Gasteiger partial charge in [0, 0.05) is 13.0 Å². The summed E-state index contributed by atoms with van der Waals surface area (Å²) >= 11 is 0. The van der Waals surface area contributed by atoms with E-state index in [2.05, 4.69) is 38.2 Å². The number of aliphatic hydroxyl groups is 4. The van der Waals surface area contributed by atoms with Crippen molar-refractivity contribution in [1.82, 2.24) is 0 Å². The van der Waals surface area contributed by atoms with Crippen molar-refractivity contribution < 1.29 is 44.2 Å². The molecule has 1 aliphatic heterocycles. The van der Waals surface area contributed by atoms with E-state index in [1.807, 2.05) is 0 Å². The standard InChI is InChI=1S/C42H78O9/c1-3-5-7-9-11-13-14-15-16-17-18-19-20-21-22-24-26-28-30-32-48-34-36(35-49-42-41(47)40(46)39(45)37(33-43)51-42)50-38(44)31-29-27-25-23-12-10-8-6-4-2/h13-14,16-17,36-37,39-43,45-47H,3-12,15,18-35H2,1-2H3/b14-13-,17-16-. The van der Waals surface area contributed by atoms with Gasteiger partial charge < -0.3 is 39.4 Å². The zero-order valence-corrected chi connectivity index (χ0v) is 32.6. The molecule has 4 N–H and O–H groups in total. The van der Waals surface area contributed by atoms with Gasteiger partial charge in [0.1, 0.15) is 30.5 Å². The van der Waals surface area contributed by atoms with E-state index in [1.54, 1.807) is 0 Å². The molecule has 9 nitrogen and oxygen atoms in total. The van der Waals surface area contributed by atoms with Crippen LogP contribution >= 0.6 is 0 Å². The molecular weight excluding hydrogens is 648 g/mol. The van der Waals surface area contributed by atoms with Gasteiger partial charge in [0.2, 0.25) is 0 Å². The highest BCUT2D eigenvalue weighted by atomic mass is 16.7. The van der Waals surface area contributed by atoms with Crippen LogP contribution in [0.2, 0.25) is 0 Å². The summed E-state index contributed by atoms with van der Waals surface area (Å²) in [6.45, 7) is 4.51. The van der Waals surface area contributed by atoms with Crippen molar-refractivity contribution in [3.05, 3.63) is 24.3 Å². The average molecular weight is 727 g/mol. The van der Waals surface area contributed by atoms with Gasteiger partial charge in [-0.2, -0.15) is 0 Å². The summed E-state index contributed by atoms with van der Waals surface area (Å²) in [5, 5.41) is 40.0. The minimum atomic E-state index is -1.53. The number of aliphatic hydroxyl groups excluding tert-OH is 4. The number of hydrogen-bond acceptors (Lipinski definition) is 9. The molecule has 0 saturated carbocycles. The van der Waals surface area contributed by atoms with Gasteiger partial charge >= 0.3 is 5.97 Å². The molecule has 0 aromatic heterocycles. The van der Waals surface area contributed by atoms with E-state index in [4.69, 9.17) is 18.9 Å². The third kappa shape index (κ3) is 26.1. The van der Waals surface area contributed by atoms with Crippen LogP contribution < -0.4 is 0 Å². The molecule has 0 aliphatic carbocycles. The van der Waals surface area contributed by atoms with Crippen molar-refractivity contribution in [3.63, 3.8) is 0 Å². The fourth-order valence-electron chi connectivity index (χ4n) is 6.29. The first-order valence-corrected chi connectivity index (χ1v) is 20.9. The Kier molecular flexibility index (Phi) is 32.2. The average Bonchev–Trinajstić information content (AvgIpc) is 3.13. The van der Waals surface area contributed by atoms with Crippen LogP contribution in [0.15, 0.2) is 24.3 Å². The van der Waals surface area contributed by atoms with Gasteiger partial charge in [0.25, 0.3) is 0 Å². The summed E-state index contributed by atoms with van der Waals surface area (Å²) in [6.07, 6.45) is 30.7. The molecule has 0 amide bonds. The zero-order valence-electron chi connectivity index (χ0n) is 32.6. The summed E-state index contributed by atoms with van der Waals surface area (Å²) < 4.78 is 22.7. The highest BCUT2D eigenvalue weighted by Crippen LogP contribution is 2.22. The Morgan fingerprint density at radius 3 is 1.71 bits per heavy atom. The fourth-order valence-corrected chi connectivity index (χ4v) is 6.29. The van der Waals surface area contributed by atoms with Gasteiger partial charge in [-0.1, -0.05) is 147 Å². The van der Waals surface area contributed by atoms with Crippen LogP contribution in [0.4, 0.5) is 0 Å². The van der Waals surface area contributed by atoms with E-state index in [9.17, 15) is 25.2 Å². The largest absolute Gasteiger partial charge is 0.457 e. The quantitative estimate of drug-likeness (QED) is 0.0288. The van der Waals surface area contributed by atoms with Crippen molar-refractivity contribution in [3.8, 4) is 0 Å². The van der Waals surface area contributed by atoms with Crippen LogP contribution in [-0.2, 0) is 23.7 Å². The summed E-state index contributed by atoms with van der Waals surface area (Å²) in [4.78, 5) is 12.7. The van der Waals surface area contributed by atoms with E-state index < -0.39 is 43.4 Å². The third-order valence-electron chi connectivity index (χ3n) is 9.62. The Bertz CT molecular complexity index is 833. The molecule has 6 atom stereocenters. The van der Waals surface area contributed by atoms with Crippen LogP contribution in [0.3, 0.4) is 0 Å². The van der Waals surface area contributed by atoms with E-state index in [-0.39, 0.29) is 19.2 Å². The van der Waals surface area contributed by atoms with Gasteiger partial charge in [0.05, 0.1) is 19.8 Å². The Morgan fingerprint density at radius 1 is 0.627 bits per heavy atom. The lowest BCUT2D eigenvalue weighted by Gasteiger charge is -2.39. The van der Waals surface area contributed by atoms with E-state index in [0.717, 1.165) is 38.5 Å². The predicted molar refractivity (Wildman–Crippen MR) is 205 cm³/mol. The molecule has 300 valence electrons. The van der Waals surface area contributed by atoms with Gasteiger partial charge in [-0.3, -0.25) is 4.79 Å². The molecule has 1 saturated heterocycles. The second kappa shape index (κ2) is 34.4. The molecular formula is C42H78O9. The highest BCUT2D eigenvalue weighted by molar-refractivity contribution is 5.69. The molecule has 9 heteroatoms. The SMILES string of the molecule is CCCCCC/C=C\C/C=C\CCCCCCCCCCOCC(COC1OC(CO)C(O)C(O)C1O)OC(=O)CCCCCCCCCCC. The second-order valence-electron chi connectivity index (χ2n) is 14.4. The number of carbonyl (C=O) groups excluding carboxylic acids is 1. The Hall–Kier alpha value is -1.33. The predicted octanol–water partition coefficient (Wildman–Crippen LogP) is 8.64. The summed E-state index contributed by atoms with van der Waals surface area (Å²) in [5.41, 5.74) is 0. The van der Waals surface area contributed by atoms with Gasteiger partial charge in [0.15, 0.2) is 6.29 Å². The third-order valence-corrected chi connectivity index (χ3v) is 9.62. The maximum atomic E-state index is 12.7. The lowest BCUT2D eigenvalue weighted by atomic mass is 9.99. The zero-order chi connectivity index (χ0) is 37.2. The van der Waals surface area contributed by atoms with Gasteiger partial charge in [-0.25, -0.2) is 0 Å². The van der Waals surface area contributed by atoms with E-state index in [0.29, 0.717) is 13.0 Å².